The molecule has 31 heavy (non-hydrogen) atoms. The van der Waals surface area contributed by atoms with Crippen LogP contribution in [0.15, 0.2) is 0 Å². The van der Waals surface area contributed by atoms with E-state index in [0.717, 1.165) is 0 Å². The number of nitrogens with two attached hydrogens (primary N) is 2. The molecule has 0 fully saturated rings. The summed E-state index contributed by atoms with van der Waals surface area (Å²) in [5.74, 6) is -3.59. The quantitative estimate of drug-likeness (QED) is 0.203. The zero-order chi connectivity index (χ0) is 24.3. The minimum atomic E-state index is -1.21. The topological polar surface area (TPSA) is 194 Å². The SMILES string of the molecule is CC(C)CC(N)C(=O)NC(CCC(N)=O)C(=O)NC(CC(C)C)C(=O)NC(C)C(=O)O. The Hall–Kier alpha value is -2.69. The molecule has 0 aromatic heterocycles. The van der Waals surface area contributed by atoms with Gasteiger partial charge in [0.05, 0.1) is 6.04 Å². The molecular formula is C20H37N5O6. The molecule has 11 heteroatoms. The van der Waals surface area contributed by atoms with Gasteiger partial charge in [0.15, 0.2) is 0 Å². The monoisotopic (exact) mass is 443 g/mol. The van der Waals surface area contributed by atoms with Crippen LogP contribution in [0.5, 0.6) is 0 Å². The molecule has 0 heterocycles. The summed E-state index contributed by atoms with van der Waals surface area (Å²) >= 11 is 0. The molecule has 4 atom stereocenters. The Labute approximate surface area is 183 Å². The van der Waals surface area contributed by atoms with Gasteiger partial charge in [0.1, 0.15) is 18.1 Å². The van der Waals surface area contributed by atoms with E-state index in [-0.39, 0.29) is 31.1 Å². The van der Waals surface area contributed by atoms with Gasteiger partial charge in [-0.3, -0.25) is 24.0 Å². The summed E-state index contributed by atoms with van der Waals surface area (Å²) < 4.78 is 0. The Morgan fingerprint density at radius 2 is 1.26 bits per heavy atom. The number of hydrogen-bond acceptors (Lipinski definition) is 6. The van der Waals surface area contributed by atoms with Gasteiger partial charge in [0.2, 0.25) is 23.6 Å². The molecular weight excluding hydrogens is 406 g/mol. The Bertz CT molecular complexity index is 652. The molecule has 0 saturated carbocycles. The van der Waals surface area contributed by atoms with Crippen molar-refractivity contribution in [2.45, 2.75) is 84.5 Å². The Morgan fingerprint density at radius 1 is 0.774 bits per heavy atom. The first-order valence-electron chi connectivity index (χ1n) is 10.4. The van der Waals surface area contributed by atoms with Crippen molar-refractivity contribution < 1.29 is 29.1 Å². The minimum Gasteiger partial charge on any atom is -0.480 e. The molecule has 4 amide bonds. The van der Waals surface area contributed by atoms with Crippen molar-refractivity contribution in [3.8, 4) is 0 Å². The van der Waals surface area contributed by atoms with Gasteiger partial charge in [-0.1, -0.05) is 27.7 Å². The number of carbonyl (C=O) groups excluding carboxylic acids is 4. The number of rotatable bonds is 14. The highest BCUT2D eigenvalue weighted by Gasteiger charge is 2.30. The number of amides is 4. The Morgan fingerprint density at radius 3 is 1.71 bits per heavy atom. The van der Waals surface area contributed by atoms with Gasteiger partial charge in [-0.2, -0.15) is 0 Å². The highest BCUT2D eigenvalue weighted by molar-refractivity contribution is 5.94. The van der Waals surface area contributed by atoms with E-state index in [0.29, 0.717) is 6.42 Å². The normalized spacial score (nSPS) is 15.0. The number of primary amides is 1. The van der Waals surface area contributed by atoms with Crippen LogP contribution in [-0.4, -0.2) is 58.9 Å². The maximum atomic E-state index is 12.8. The van der Waals surface area contributed by atoms with E-state index in [1.54, 1.807) is 0 Å². The van der Waals surface area contributed by atoms with Gasteiger partial charge in [-0.25, -0.2) is 0 Å². The van der Waals surface area contributed by atoms with Crippen LogP contribution >= 0.6 is 0 Å². The molecule has 0 radical (unpaired) electrons. The van der Waals surface area contributed by atoms with Gasteiger partial charge in [0.25, 0.3) is 0 Å². The Balaban J connectivity index is 5.40. The summed E-state index contributed by atoms with van der Waals surface area (Å²) in [6.07, 6.45) is 0.423. The Kier molecular flexibility index (Phi) is 12.4. The third kappa shape index (κ3) is 11.9. The molecule has 0 aliphatic rings. The number of aliphatic carboxylic acids is 1. The number of carboxylic acids is 1. The van der Waals surface area contributed by atoms with E-state index in [1.807, 2.05) is 27.7 Å². The largest absolute Gasteiger partial charge is 0.480 e. The summed E-state index contributed by atoms with van der Waals surface area (Å²) in [6, 6.07) is -4.13. The van der Waals surface area contributed by atoms with Crippen molar-refractivity contribution in [2.24, 2.45) is 23.3 Å². The van der Waals surface area contributed by atoms with Crippen molar-refractivity contribution in [3.05, 3.63) is 0 Å². The first kappa shape index (κ1) is 28.3. The first-order chi connectivity index (χ1) is 14.2. The fourth-order valence-electron chi connectivity index (χ4n) is 2.80. The van der Waals surface area contributed by atoms with Crippen LogP contribution in [0.2, 0.25) is 0 Å². The predicted octanol–water partition coefficient (Wildman–Crippen LogP) is -0.770. The van der Waals surface area contributed by atoms with Crippen molar-refractivity contribution >= 4 is 29.6 Å². The average molecular weight is 444 g/mol. The lowest BCUT2D eigenvalue weighted by Crippen LogP contribution is -2.57. The molecule has 0 saturated heterocycles. The maximum absolute atomic E-state index is 12.8. The van der Waals surface area contributed by atoms with E-state index >= 15 is 0 Å². The van der Waals surface area contributed by atoms with Gasteiger partial charge < -0.3 is 32.5 Å². The number of hydrogen-bond donors (Lipinski definition) is 6. The second-order valence-electron chi connectivity index (χ2n) is 8.56. The highest BCUT2D eigenvalue weighted by atomic mass is 16.4. The number of carboxylic acid groups (broad SMARTS) is 1. The standard InChI is InChI=1S/C20H37N5O6/c1-10(2)8-13(21)17(27)24-14(6-7-16(22)26)18(28)25-15(9-11(3)4)19(29)23-12(5)20(30)31/h10-15H,6-9,21H2,1-5H3,(H2,22,26)(H,23,29)(H,24,27)(H,25,28)(H,30,31). The van der Waals surface area contributed by atoms with Gasteiger partial charge in [0, 0.05) is 6.42 Å². The lowest BCUT2D eigenvalue weighted by molar-refractivity contribution is -0.142. The zero-order valence-electron chi connectivity index (χ0n) is 18.9. The molecule has 0 aromatic carbocycles. The van der Waals surface area contributed by atoms with Crippen LogP contribution < -0.4 is 27.4 Å². The molecule has 0 aromatic rings. The average Bonchev–Trinajstić information content (AvgIpc) is 2.62. The molecule has 0 spiro atoms. The third-order valence-electron chi connectivity index (χ3n) is 4.44. The van der Waals surface area contributed by atoms with Gasteiger partial charge in [-0.15, -0.1) is 0 Å². The summed E-state index contributed by atoms with van der Waals surface area (Å²) in [5.41, 5.74) is 11.0. The van der Waals surface area contributed by atoms with Crippen molar-refractivity contribution in [1.82, 2.24) is 16.0 Å². The summed E-state index contributed by atoms with van der Waals surface area (Å²) in [5, 5.41) is 16.4. The van der Waals surface area contributed by atoms with Crippen LogP contribution in [0.1, 0.15) is 60.3 Å². The van der Waals surface area contributed by atoms with Crippen molar-refractivity contribution in [2.75, 3.05) is 0 Å². The molecule has 8 N–H and O–H groups in total. The summed E-state index contributed by atoms with van der Waals surface area (Å²) in [6.45, 7) is 8.78. The molecule has 4 unspecified atom stereocenters. The van der Waals surface area contributed by atoms with Crippen LogP contribution in [0.4, 0.5) is 0 Å². The second-order valence-corrected chi connectivity index (χ2v) is 8.56. The van der Waals surface area contributed by atoms with Gasteiger partial charge in [-0.05, 0) is 38.0 Å². The third-order valence-corrected chi connectivity index (χ3v) is 4.44. The molecule has 0 bridgehead atoms. The van der Waals surface area contributed by atoms with E-state index in [4.69, 9.17) is 16.6 Å². The predicted molar refractivity (Wildman–Crippen MR) is 114 cm³/mol. The minimum absolute atomic E-state index is 0.00862. The molecule has 11 nitrogen and oxygen atoms in total. The maximum Gasteiger partial charge on any atom is 0.325 e. The lowest BCUT2D eigenvalue weighted by atomic mass is 10.0. The fraction of sp³-hybridized carbons (Fsp3) is 0.750. The van der Waals surface area contributed by atoms with Crippen LogP contribution in [0, 0.1) is 11.8 Å². The van der Waals surface area contributed by atoms with Crippen LogP contribution in [0.3, 0.4) is 0 Å². The highest BCUT2D eigenvalue weighted by Crippen LogP contribution is 2.08. The zero-order valence-corrected chi connectivity index (χ0v) is 18.9. The van der Waals surface area contributed by atoms with Crippen LogP contribution in [0.25, 0.3) is 0 Å². The summed E-state index contributed by atoms with van der Waals surface area (Å²) in [4.78, 5) is 59.9. The van der Waals surface area contributed by atoms with Crippen molar-refractivity contribution in [1.29, 1.82) is 0 Å². The van der Waals surface area contributed by atoms with Crippen LogP contribution in [-0.2, 0) is 24.0 Å². The van der Waals surface area contributed by atoms with E-state index < -0.39 is 53.8 Å². The fourth-order valence-corrected chi connectivity index (χ4v) is 2.80. The second kappa shape index (κ2) is 13.6. The van der Waals surface area contributed by atoms with E-state index in [1.165, 1.54) is 6.92 Å². The molecule has 178 valence electrons. The van der Waals surface area contributed by atoms with E-state index in [2.05, 4.69) is 16.0 Å². The summed E-state index contributed by atoms with van der Waals surface area (Å²) in [7, 11) is 0. The molecule has 0 rings (SSSR count). The molecule has 0 aliphatic carbocycles. The van der Waals surface area contributed by atoms with Crippen molar-refractivity contribution in [3.63, 3.8) is 0 Å². The first-order valence-corrected chi connectivity index (χ1v) is 10.4. The van der Waals surface area contributed by atoms with Gasteiger partial charge >= 0.3 is 5.97 Å². The smallest absolute Gasteiger partial charge is 0.325 e. The lowest BCUT2D eigenvalue weighted by Gasteiger charge is -2.25. The number of carbonyl (C=O) groups is 5. The molecule has 0 aliphatic heterocycles. The number of nitrogens with one attached hydrogen (secondary N) is 3. The van der Waals surface area contributed by atoms with E-state index in [9.17, 15) is 24.0 Å².